The summed E-state index contributed by atoms with van der Waals surface area (Å²) in [4.78, 5) is 4.87. The number of hydrogen-bond acceptors (Lipinski definition) is 3. The fraction of sp³-hybridized carbons (Fsp3) is 0.146. The normalized spacial score (nSPS) is 15.7. The molecule has 2 heterocycles. The van der Waals surface area contributed by atoms with Gasteiger partial charge in [-0.2, -0.15) is 0 Å². The predicted octanol–water partition coefficient (Wildman–Crippen LogP) is 9.84. The molecule has 0 unspecified atom stereocenters. The van der Waals surface area contributed by atoms with E-state index in [1.54, 1.807) is 0 Å². The molecule has 1 aliphatic heterocycles. The SMILES string of the molecule is CC1(C)OB(c2ccc(-c3c4ccccc4c(-c4ccc(-c5cccc6ccccc56)cc4)c4ccccc34)cn2)OC1(C)C. The van der Waals surface area contributed by atoms with Crippen molar-refractivity contribution in [3.05, 3.63) is 134 Å². The standard InChI is InChI=1S/C41H34BNO2/c1-40(2)41(3,4)45-42(44-40)37-25-24-30(26-43-37)39-35-17-9-7-15-33(35)38(34-16-8-10-18-36(34)39)29-22-20-28(21-23-29)32-19-11-13-27-12-5-6-14-31(27)32/h5-26H,1-4H3. The first-order valence-corrected chi connectivity index (χ1v) is 15.6. The third-order valence-electron chi connectivity index (χ3n) is 9.78. The second-order valence-corrected chi connectivity index (χ2v) is 13.0. The van der Waals surface area contributed by atoms with Crippen LogP contribution in [-0.4, -0.2) is 23.3 Å². The maximum atomic E-state index is 6.27. The monoisotopic (exact) mass is 583 g/mol. The van der Waals surface area contributed by atoms with E-state index >= 15 is 0 Å². The minimum atomic E-state index is -0.489. The molecular formula is C41H34BNO2. The van der Waals surface area contributed by atoms with Gasteiger partial charge in [-0.25, -0.2) is 0 Å². The molecule has 0 atom stereocenters. The van der Waals surface area contributed by atoms with E-state index in [2.05, 4.69) is 149 Å². The molecule has 0 bridgehead atoms. The lowest BCUT2D eigenvalue weighted by Crippen LogP contribution is -2.41. The van der Waals surface area contributed by atoms with Gasteiger partial charge in [0.25, 0.3) is 0 Å². The molecule has 45 heavy (non-hydrogen) atoms. The number of fused-ring (bicyclic) bond motifs is 3. The van der Waals surface area contributed by atoms with E-state index in [0.29, 0.717) is 0 Å². The molecule has 8 rings (SSSR count). The van der Waals surface area contributed by atoms with Crippen molar-refractivity contribution in [1.29, 1.82) is 0 Å². The van der Waals surface area contributed by atoms with Crippen molar-refractivity contribution in [3.63, 3.8) is 0 Å². The van der Waals surface area contributed by atoms with Crippen molar-refractivity contribution in [1.82, 2.24) is 4.98 Å². The molecule has 7 aromatic rings. The molecular weight excluding hydrogens is 549 g/mol. The molecule has 0 spiro atoms. The highest BCUT2D eigenvalue weighted by Crippen LogP contribution is 2.44. The Morgan fingerprint density at radius 2 is 0.933 bits per heavy atom. The molecule has 218 valence electrons. The highest BCUT2D eigenvalue weighted by atomic mass is 16.7. The zero-order valence-corrected chi connectivity index (χ0v) is 26.0. The van der Waals surface area contributed by atoms with Crippen LogP contribution in [0.3, 0.4) is 0 Å². The van der Waals surface area contributed by atoms with Gasteiger partial charge in [-0.05, 0) is 93.9 Å². The van der Waals surface area contributed by atoms with Crippen molar-refractivity contribution >= 4 is 45.0 Å². The van der Waals surface area contributed by atoms with Gasteiger partial charge in [-0.3, -0.25) is 4.98 Å². The molecule has 1 aliphatic rings. The van der Waals surface area contributed by atoms with Gasteiger partial charge in [-0.1, -0.05) is 121 Å². The lowest BCUT2D eigenvalue weighted by Gasteiger charge is -2.32. The number of pyridine rings is 1. The summed E-state index contributed by atoms with van der Waals surface area (Å²) in [6, 6.07) is 45.8. The Kier molecular flexibility index (Phi) is 6.42. The molecule has 6 aromatic carbocycles. The number of rotatable bonds is 4. The molecule has 0 aliphatic carbocycles. The predicted molar refractivity (Wildman–Crippen MR) is 189 cm³/mol. The molecule has 4 heteroatoms. The van der Waals surface area contributed by atoms with E-state index in [1.807, 2.05) is 12.3 Å². The Hall–Kier alpha value is -4.77. The highest BCUT2D eigenvalue weighted by Gasteiger charge is 2.52. The number of nitrogens with zero attached hydrogens (tertiary/aromatic N) is 1. The van der Waals surface area contributed by atoms with Gasteiger partial charge in [0.15, 0.2) is 0 Å². The summed E-state index contributed by atoms with van der Waals surface area (Å²) in [7, 11) is -0.489. The Morgan fingerprint density at radius 3 is 1.49 bits per heavy atom. The van der Waals surface area contributed by atoms with Crippen LogP contribution in [0.25, 0.3) is 65.7 Å². The first kappa shape index (κ1) is 27.8. The molecule has 1 saturated heterocycles. The minimum Gasteiger partial charge on any atom is -0.398 e. The van der Waals surface area contributed by atoms with E-state index < -0.39 is 18.3 Å². The molecule has 0 radical (unpaired) electrons. The van der Waals surface area contributed by atoms with Crippen LogP contribution >= 0.6 is 0 Å². The maximum absolute atomic E-state index is 6.27. The van der Waals surface area contributed by atoms with Gasteiger partial charge < -0.3 is 9.31 Å². The van der Waals surface area contributed by atoms with Gasteiger partial charge in [0, 0.05) is 11.8 Å². The van der Waals surface area contributed by atoms with E-state index in [1.165, 1.54) is 60.1 Å². The van der Waals surface area contributed by atoms with Crippen LogP contribution in [0, 0.1) is 0 Å². The summed E-state index contributed by atoms with van der Waals surface area (Å²) in [5, 5.41) is 7.37. The minimum absolute atomic E-state index is 0.409. The quantitative estimate of drug-likeness (QED) is 0.153. The average Bonchev–Trinajstić information content (AvgIpc) is 3.29. The summed E-state index contributed by atoms with van der Waals surface area (Å²) < 4.78 is 12.5. The third kappa shape index (κ3) is 4.56. The van der Waals surface area contributed by atoms with E-state index in [0.717, 1.165) is 11.2 Å². The Labute approximate surface area is 264 Å². The largest absolute Gasteiger partial charge is 0.514 e. The molecule has 0 amide bonds. The topological polar surface area (TPSA) is 31.4 Å². The van der Waals surface area contributed by atoms with Crippen LogP contribution in [0.2, 0.25) is 0 Å². The second-order valence-electron chi connectivity index (χ2n) is 13.0. The van der Waals surface area contributed by atoms with Crippen LogP contribution in [0.1, 0.15) is 27.7 Å². The summed E-state index contributed by atoms with van der Waals surface area (Å²) in [6.07, 6.45) is 1.97. The number of hydrogen-bond donors (Lipinski definition) is 0. The van der Waals surface area contributed by atoms with Gasteiger partial charge in [0.1, 0.15) is 0 Å². The Balaban J connectivity index is 1.25. The maximum Gasteiger partial charge on any atom is 0.514 e. The summed E-state index contributed by atoms with van der Waals surface area (Å²) >= 11 is 0. The van der Waals surface area contributed by atoms with Crippen LogP contribution in [-0.2, 0) is 9.31 Å². The van der Waals surface area contributed by atoms with Crippen LogP contribution in [0.15, 0.2) is 134 Å². The van der Waals surface area contributed by atoms with Crippen molar-refractivity contribution in [2.45, 2.75) is 38.9 Å². The Morgan fingerprint density at radius 1 is 0.467 bits per heavy atom. The lowest BCUT2D eigenvalue weighted by molar-refractivity contribution is 0.00578. The second kappa shape index (κ2) is 10.4. The van der Waals surface area contributed by atoms with E-state index in [4.69, 9.17) is 14.3 Å². The van der Waals surface area contributed by atoms with Crippen LogP contribution in [0.5, 0.6) is 0 Å². The summed E-state index contributed by atoms with van der Waals surface area (Å²) in [5.74, 6) is 0. The first-order valence-electron chi connectivity index (χ1n) is 15.6. The lowest BCUT2D eigenvalue weighted by atomic mass is 9.83. The number of aromatic nitrogens is 1. The molecule has 0 saturated carbocycles. The van der Waals surface area contributed by atoms with Crippen molar-refractivity contribution in [2.75, 3.05) is 0 Å². The molecule has 3 nitrogen and oxygen atoms in total. The van der Waals surface area contributed by atoms with Crippen molar-refractivity contribution < 1.29 is 9.31 Å². The van der Waals surface area contributed by atoms with E-state index in [9.17, 15) is 0 Å². The fourth-order valence-corrected chi connectivity index (χ4v) is 6.70. The smallest absolute Gasteiger partial charge is 0.398 e. The zero-order chi connectivity index (χ0) is 30.8. The third-order valence-corrected chi connectivity index (χ3v) is 9.78. The van der Waals surface area contributed by atoms with Crippen LogP contribution in [0.4, 0.5) is 0 Å². The average molecular weight is 584 g/mol. The first-order chi connectivity index (χ1) is 21.8. The zero-order valence-electron chi connectivity index (χ0n) is 26.0. The van der Waals surface area contributed by atoms with Gasteiger partial charge in [0.05, 0.1) is 16.8 Å². The molecule has 1 aromatic heterocycles. The van der Waals surface area contributed by atoms with Gasteiger partial charge in [-0.15, -0.1) is 0 Å². The van der Waals surface area contributed by atoms with Crippen molar-refractivity contribution in [2.24, 2.45) is 0 Å². The van der Waals surface area contributed by atoms with E-state index in [-0.39, 0.29) is 0 Å². The Bertz CT molecular complexity index is 2140. The van der Waals surface area contributed by atoms with Gasteiger partial charge >= 0.3 is 7.12 Å². The summed E-state index contributed by atoms with van der Waals surface area (Å²) in [5.41, 5.74) is 7.14. The fourth-order valence-electron chi connectivity index (χ4n) is 6.70. The van der Waals surface area contributed by atoms with Crippen molar-refractivity contribution in [3.8, 4) is 33.4 Å². The number of benzene rings is 6. The van der Waals surface area contributed by atoms with Gasteiger partial charge in [0.2, 0.25) is 0 Å². The summed E-state index contributed by atoms with van der Waals surface area (Å²) in [6.45, 7) is 8.27. The molecule has 0 N–H and O–H groups in total. The molecule has 1 fully saturated rings. The highest BCUT2D eigenvalue weighted by molar-refractivity contribution is 6.61. The van der Waals surface area contributed by atoms with Crippen LogP contribution < -0.4 is 5.59 Å².